The SMILES string of the molecule is C[C@@H](CNC(=O)C[C@H]1C=C(CCc2cccc(N)n2)NO1)C(=O)O. The van der Waals surface area contributed by atoms with Crippen molar-refractivity contribution in [3.05, 3.63) is 35.7 Å². The number of carbonyl (C=O) groups is 2. The Labute approximate surface area is 140 Å². The van der Waals surface area contributed by atoms with Gasteiger partial charge in [-0.15, -0.1) is 0 Å². The van der Waals surface area contributed by atoms with Gasteiger partial charge < -0.3 is 16.2 Å². The molecular formula is C16H22N4O4. The van der Waals surface area contributed by atoms with Crippen LogP contribution in [0.5, 0.6) is 0 Å². The summed E-state index contributed by atoms with van der Waals surface area (Å²) < 4.78 is 0. The number of nitrogen functional groups attached to an aromatic ring is 1. The van der Waals surface area contributed by atoms with Crippen LogP contribution in [0.15, 0.2) is 30.0 Å². The fourth-order valence-electron chi connectivity index (χ4n) is 2.19. The number of carbonyl (C=O) groups excluding carboxylic acids is 1. The Morgan fingerprint density at radius 2 is 2.25 bits per heavy atom. The van der Waals surface area contributed by atoms with E-state index in [1.807, 2.05) is 18.2 Å². The normalized spacial score (nSPS) is 17.7. The van der Waals surface area contributed by atoms with Crippen molar-refractivity contribution < 1.29 is 19.5 Å². The maximum atomic E-state index is 11.8. The minimum Gasteiger partial charge on any atom is -0.481 e. The number of nitrogens with two attached hydrogens (primary N) is 1. The summed E-state index contributed by atoms with van der Waals surface area (Å²) in [6, 6.07) is 5.50. The molecule has 0 fully saturated rings. The molecule has 1 amide bonds. The molecule has 0 radical (unpaired) electrons. The summed E-state index contributed by atoms with van der Waals surface area (Å²) in [5.74, 6) is -1.31. The molecule has 0 saturated heterocycles. The lowest BCUT2D eigenvalue weighted by molar-refractivity contribution is -0.141. The summed E-state index contributed by atoms with van der Waals surface area (Å²) in [6.07, 6.45) is 3.03. The third kappa shape index (κ3) is 5.54. The molecule has 0 aromatic carbocycles. The Balaban J connectivity index is 1.74. The van der Waals surface area contributed by atoms with Crippen LogP contribution < -0.4 is 16.5 Å². The number of carboxylic acid groups (broad SMARTS) is 1. The van der Waals surface area contributed by atoms with Gasteiger partial charge in [-0.05, 0) is 31.1 Å². The van der Waals surface area contributed by atoms with Crippen molar-refractivity contribution in [2.45, 2.75) is 32.3 Å². The number of allylic oxidation sites excluding steroid dienone is 1. The van der Waals surface area contributed by atoms with Gasteiger partial charge in [-0.1, -0.05) is 13.0 Å². The van der Waals surface area contributed by atoms with Gasteiger partial charge in [0.05, 0.1) is 12.3 Å². The number of hydrogen-bond acceptors (Lipinski definition) is 6. The standard InChI is InChI=1S/C16H22N4O4/c1-10(16(22)23)9-18-15(21)8-13-7-12(20-24-13)6-5-11-3-2-4-14(17)19-11/h2-4,7,10,13,20H,5-6,8-9H2,1H3,(H2,17,19)(H,18,21)(H,22,23)/t10-,13+/m0/s1. The van der Waals surface area contributed by atoms with Gasteiger partial charge in [0.15, 0.2) is 0 Å². The number of nitrogens with one attached hydrogen (secondary N) is 2. The van der Waals surface area contributed by atoms with Crippen molar-refractivity contribution >= 4 is 17.7 Å². The van der Waals surface area contributed by atoms with E-state index in [9.17, 15) is 9.59 Å². The van der Waals surface area contributed by atoms with Crippen molar-refractivity contribution in [2.75, 3.05) is 12.3 Å². The van der Waals surface area contributed by atoms with Crippen LogP contribution in [-0.2, 0) is 20.8 Å². The number of anilines is 1. The van der Waals surface area contributed by atoms with Crippen LogP contribution >= 0.6 is 0 Å². The van der Waals surface area contributed by atoms with Crippen LogP contribution in [0.1, 0.15) is 25.5 Å². The Bertz CT molecular complexity index is 632. The van der Waals surface area contributed by atoms with Crippen LogP contribution in [-0.4, -0.2) is 34.6 Å². The van der Waals surface area contributed by atoms with Crippen molar-refractivity contribution in [1.82, 2.24) is 15.8 Å². The van der Waals surface area contributed by atoms with Crippen LogP contribution in [0.25, 0.3) is 0 Å². The highest BCUT2D eigenvalue weighted by Gasteiger charge is 2.20. The minimum absolute atomic E-state index is 0.103. The number of aromatic nitrogens is 1. The number of aliphatic carboxylic acids is 1. The Kier molecular flexibility index (Phi) is 6.14. The first-order valence-electron chi connectivity index (χ1n) is 7.77. The van der Waals surface area contributed by atoms with Crippen molar-refractivity contribution in [1.29, 1.82) is 0 Å². The van der Waals surface area contributed by atoms with Crippen LogP contribution in [0, 0.1) is 5.92 Å². The first-order valence-corrected chi connectivity index (χ1v) is 7.77. The smallest absolute Gasteiger partial charge is 0.308 e. The molecule has 8 heteroatoms. The molecule has 0 aliphatic carbocycles. The number of nitrogens with zero attached hydrogens (tertiary/aromatic N) is 1. The molecule has 2 heterocycles. The van der Waals surface area contributed by atoms with Gasteiger partial charge in [-0.2, -0.15) is 0 Å². The van der Waals surface area contributed by atoms with Gasteiger partial charge in [0.1, 0.15) is 11.9 Å². The molecule has 8 nitrogen and oxygen atoms in total. The highest BCUT2D eigenvalue weighted by molar-refractivity contribution is 5.78. The molecular weight excluding hydrogens is 312 g/mol. The minimum atomic E-state index is -0.938. The summed E-state index contributed by atoms with van der Waals surface area (Å²) in [6.45, 7) is 1.64. The summed E-state index contributed by atoms with van der Waals surface area (Å²) in [5.41, 5.74) is 10.2. The molecule has 130 valence electrons. The van der Waals surface area contributed by atoms with E-state index in [0.29, 0.717) is 18.7 Å². The maximum Gasteiger partial charge on any atom is 0.308 e. The van der Waals surface area contributed by atoms with E-state index in [1.165, 1.54) is 0 Å². The lowest BCUT2D eigenvalue weighted by Gasteiger charge is -2.10. The van der Waals surface area contributed by atoms with Gasteiger partial charge in [0, 0.05) is 17.9 Å². The summed E-state index contributed by atoms with van der Waals surface area (Å²) in [7, 11) is 0. The second kappa shape index (κ2) is 8.30. The molecule has 0 bridgehead atoms. The molecule has 1 aliphatic heterocycles. The maximum absolute atomic E-state index is 11.8. The van der Waals surface area contributed by atoms with Gasteiger partial charge >= 0.3 is 5.97 Å². The fraction of sp³-hybridized carbons (Fsp3) is 0.438. The van der Waals surface area contributed by atoms with Crippen molar-refractivity contribution in [3.8, 4) is 0 Å². The van der Waals surface area contributed by atoms with E-state index in [1.54, 1.807) is 13.0 Å². The van der Waals surface area contributed by atoms with E-state index >= 15 is 0 Å². The summed E-state index contributed by atoms with van der Waals surface area (Å²) in [4.78, 5) is 32.0. The van der Waals surface area contributed by atoms with Crippen molar-refractivity contribution in [2.24, 2.45) is 5.92 Å². The zero-order valence-electron chi connectivity index (χ0n) is 13.5. The average Bonchev–Trinajstić information content (AvgIpc) is 2.98. The van der Waals surface area contributed by atoms with E-state index < -0.39 is 11.9 Å². The molecule has 5 N–H and O–H groups in total. The third-order valence-electron chi connectivity index (χ3n) is 3.62. The number of hydrogen-bond donors (Lipinski definition) is 4. The highest BCUT2D eigenvalue weighted by Crippen LogP contribution is 2.15. The van der Waals surface area contributed by atoms with Gasteiger partial charge in [-0.3, -0.25) is 19.9 Å². The van der Waals surface area contributed by atoms with E-state index in [4.69, 9.17) is 15.7 Å². The summed E-state index contributed by atoms with van der Waals surface area (Å²) in [5, 5.41) is 11.4. The molecule has 0 unspecified atom stereocenters. The van der Waals surface area contributed by atoms with Crippen LogP contribution in [0.2, 0.25) is 0 Å². The number of hydroxylamine groups is 1. The molecule has 2 rings (SSSR count). The lowest BCUT2D eigenvalue weighted by Crippen LogP contribution is -2.33. The Morgan fingerprint density at radius 1 is 1.46 bits per heavy atom. The number of aryl methyl sites for hydroxylation is 1. The molecule has 0 spiro atoms. The second-order valence-corrected chi connectivity index (χ2v) is 5.75. The second-order valence-electron chi connectivity index (χ2n) is 5.75. The highest BCUT2D eigenvalue weighted by atomic mass is 16.7. The lowest BCUT2D eigenvalue weighted by atomic mass is 10.1. The Morgan fingerprint density at radius 3 is 2.96 bits per heavy atom. The van der Waals surface area contributed by atoms with E-state index in [0.717, 1.165) is 11.4 Å². The Hall–Kier alpha value is -2.61. The predicted molar refractivity (Wildman–Crippen MR) is 87.5 cm³/mol. The molecule has 1 aliphatic rings. The fourth-order valence-corrected chi connectivity index (χ4v) is 2.19. The number of pyridine rings is 1. The van der Waals surface area contributed by atoms with Crippen LogP contribution in [0.3, 0.4) is 0 Å². The zero-order chi connectivity index (χ0) is 17.5. The number of carboxylic acids is 1. The molecule has 2 atom stereocenters. The third-order valence-corrected chi connectivity index (χ3v) is 3.62. The molecule has 1 aromatic rings. The molecule has 24 heavy (non-hydrogen) atoms. The van der Waals surface area contributed by atoms with Crippen molar-refractivity contribution in [3.63, 3.8) is 0 Å². The summed E-state index contributed by atoms with van der Waals surface area (Å²) >= 11 is 0. The largest absolute Gasteiger partial charge is 0.481 e. The monoisotopic (exact) mass is 334 g/mol. The topological polar surface area (TPSA) is 127 Å². The quantitative estimate of drug-likeness (QED) is 0.548. The molecule has 1 aromatic heterocycles. The zero-order valence-corrected chi connectivity index (χ0v) is 13.5. The first kappa shape index (κ1) is 17.7. The predicted octanol–water partition coefficient (Wildman–Crippen LogP) is 0.611. The molecule has 0 saturated carbocycles. The van der Waals surface area contributed by atoms with E-state index in [2.05, 4.69) is 15.8 Å². The number of rotatable bonds is 8. The first-order chi connectivity index (χ1) is 11.4. The van der Waals surface area contributed by atoms with Gasteiger partial charge in [0.2, 0.25) is 5.91 Å². The van der Waals surface area contributed by atoms with E-state index in [-0.39, 0.29) is 25.0 Å². The van der Waals surface area contributed by atoms with Gasteiger partial charge in [0.25, 0.3) is 0 Å². The number of amides is 1. The van der Waals surface area contributed by atoms with Gasteiger partial charge in [-0.25, -0.2) is 4.98 Å². The average molecular weight is 334 g/mol. The van der Waals surface area contributed by atoms with Crippen LogP contribution in [0.4, 0.5) is 5.82 Å².